The molecule has 0 bridgehead atoms. The Morgan fingerprint density at radius 2 is 1.43 bits per heavy atom. The molecule has 0 saturated carbocycles. The zero-order chi connectivity index (χ0) is 15.6. The Hall–Kier alpha value is -0.970. The average Bonchev–Trinajstić information content (AvgIpc) is 2.49. The standard InChI is InChI=1S/C19H35NO/c1-3-5-7-9-11-12-13-15-17-19(21)20-18-16-14-10-8-6-4-2/h1H,4-18H2,2H3,(H,20,21). The van der Waals surface area contributed by atoms with Crippen LogP contribution in [0, 0.1) is 12.3 Å². The first-order valence-electron chi connectivity index (χ1n) is 9.01. The van der Waals surface area contributed by atoms with Crippen LogP contribution in [0.25, 0.3) is 0 Å². The predicted octanol–water partition coefficient (Wildman–Crippen LogP) is 5.22. The number of hydrogen-bond acceptors (Lipinski definition) is 1. The number of unbranched alkanes of at least 4 members (excludes halogenated alkanes) is 11. The van der Waals surface area contributed by atoms with E-state index in [1.54, 1.807) is 0 Å². The first-order chi connectivity index (χ1) is 10.3. The minimum atomic E-state index is 0.232. The van der Waals surface area contributed by atoms with E-state index < -0.39 is 0 Å². The summed E-state index contributed by atoms with van der Waals surface area (Å²) in [5.41, 5.74) is 0. The SMILES string of the molecule is C#CCCCCCCCCC(=O)NCCCCCCCC. The molecule has 1 amide bonds. The molecule has 1 N–H and O–H groups in total. The van der Waals surface area contributed by atoms with Gasteiger partial charge in [0, 0.05) is 19.4 Å². The summed E-state index contributed by atoms with van der Waals surface area (Å²) in [7, 11) is 0. The van der Waals surface area contributed by atoms with Gasteiger partial charge in [-0.3, -0.25) is 4.79 Å². The van der Waals surface area contributed by atoms with Gasteiger partial charge in [-0.25, -0.2) is 0 Å². The van der Waals surface area contributed by atoms with E-state index in [0.29, 0.717) is 6.42 Å². The van der Waals surface area contributed by atoms with Crippen LogP contribution in [0.4, 0.5) is 0 Å². The highest BCUT2D eigenvalue weighted by Gasteiger charge is 2.00. The molecule has 21 heavy (non-hydrogen) atoms. The third-order valence-corrected chi connectivity index (χ3v) is 3.83. The lowest BCUT2D eigenvalue weighted by molar-refractivity contribution is -0.121. The van der Waals surface area contributed by atoms with Gasteiger partial charge in [0.15, 0.2) is 0 Å². The summed E-state index contributed by atoms with van der Waals surface area (Å²) in [6, 6.07) is 0. The molecule has 0 atom stereocenters. The smallest absolute Gasteiger partial charge is 0.219 e. The highest BCUT2D eigenvalue weighted by atomic mass is 16.1. The second-order valence-electron chi connectivity index (χ2n) is 5.94. The monoisotopic (exact) mass is 293 g/mol. The van der Waals surface area contributed by atoms with E-state index in [1.165, 1.54) is 57.8 Å². The minimum absolute atomic E-state index is 0.232. The Kier molecular flexibility index (Phi) is 16.3. The van der Waals surface area contributed by atoms with Gasteiger partial charge in [-0.15, -0.1) is 12.3 Å². The van der Waals surface area contributed by atoms with Gasteiger partial charge in [-0.1, -0.05) is 64.7 Å². The minimum Gasteiger partial charge on any atom is -0.356 e. The summed E-state index contributed by atoms with van der Waals surface area (Å²) in [5.74, 6) is 2.90. The molecular formula is C19H35NO. The molecule has 0 aromatic carbocycles. The van der Waals surface area contributed by atoms with Crippen LogP contribution >= 0.6 is 0 Å². The fourth-order valence-corrected chi connectivity index (χ4v) is 2.44. The number of carbonyl (C=O) groups excluding carboxylic acids is 1. The Morgan fingerprint density at radius 3 is 2.10 bits per heavy atom. The molecule has 0 unspecified atom stereocenters. The van der Waals surface area contributed by atoms with Gasteiger partial charge in [0.1, 0.15) is 0 Å². The lowest BCUT2D eigenvalue weighted by Crippen LogP contribution is -2.23. The number of nitrogens with one attached hydrogen (secondary N) is 1. The molecule has 0 saturated heterocycles. The zero-order valence-corrected chi connectivity index (χ0v) is 14.1. The quantitative estimate of drug-likeness (QED) is 0.325. The van der Waals surface area contributed by atoms with Crippen LogP contribution in [0.5, 0.6) is 0 Å². The molecule has 2 heteroatoms. The van der Waals surface area contributed by atoms with Gasteiger partial charge in [0.2, 0.25) is 5.91 Å². The van der Waals surface area contributed by atoms with Gasteiger partial charge in [-0.05, 0) is 19.3 Å². The molecule has 0 aliphatic rings. The average molecular weight is 293 g/mol. The summed E-state index contributed by atoms with van der Waals surface area (Å²) in [6.45, 7) is 3.09. The lowest BCUT2D eigenvalue weighted by atomic mass is 10.1. The molecule has 122 valence electrons. The van der Waals surface area contributed by atoms with Gasteiger partial charge in [-0.2, -0.15) is 0 Å². The molecule has 0 spiro atoms. The molecule has 0 fully saturated rings. The summed E-state index contributed by atoms with van der Waals surface area (Å²) >= 11 is 0. The second kappa shape index (κ2) is 17.1. The molecule has 0 aliphatic carbocycles. The predicted molar refractivity (Wildman–Crippen MR) is 92.2 cm³/mol. The molecule has 0 radical (unpaired) electrons. The molecule has 0 rings (SSSR count). The fourth-order valence-electron chi connectivity index (χ4n) is 2.44. The fraction of sp³-hybridized carbons (Fsp3) is 0.842. The van der Waals surface area contributed by atoms with Gasteiger partial charge < -0.3 is 5.32 Å². The Labute approximate surface area is 132 Å². The van der Waals surface area contributed by atoms with Crippen molar-refractivity contribution < 1.29 is 4.79 Å². The van der Waals surface area contributed by atoms with Crippen molar-refractivity contribution in [3.05, 3.63) is 0 Å². The summed E-state index contributed by atoms with van der Waals surface area (Å²) in [5, 5.41) is 3.03. The van der Waals surface area contributed by atoms with Crippen molar-refractivity contribution >= 4 is 5.91 Å². The van der Waals surface area contributed by atoms with Crippen LogP contribution in [-0.4, -0.2) is 12.5 Å². The van der Waals surface area contributed by atoms with Crippen molar-refractivity contribution in [2.45, 2.75) is 96.8 Å². The largest absolute Gasteiger partial charge is 0.356 e. The van der Waals surface area contributed by atoms with E-state index in [9.17, 15) is 4.79 Å². The van der Waals surface area contributed by atoms with Crippen molar-refractivity contribution in [3.63, 3.8) is 0 Å². The van der Waals surface area contributed by atoms with Crippen LogP contribution in [0.3, 0.4) is 0 Å². The summed E-state index contributed by atoms with van der Waals surface area (Å²) < 4.78 is 0. The van der Waals surface area contributed by atoms with E-state index in [0.717, 1.165) is 32.2 Å². The van der Waals surface area contributed by atoms with Gasteiger partial charge in [0.05, 0.1) is 0 Å². The highest BCUT2D eigenvalue weighted by molar-refractivity contribution is 5.75. The number of hydrogen-bond donors (Lipinski definition) is 1. The Bertz CT molecular complexity index is 267. The van der Waals surface area contributed by atoms with E-state index in [-0.39, 0.29) is 5.91 Å². The molecule has 2 nitrogen and oxygen atoms in total. The van der Waals surface area contributed by atoms with Crippen LogP contribution in [0.1, 0.15) is 96.8 Å². The lowest BCUT2D eigenvalue weighted by Gasteiger charge is -2.05. The first-order valence-corrected chi connectivity index (χ1v) is 9.01. The molecule has 0 heterocycles. The van der Waals surface area contributed by atoms with Crippen LogP contribution in [0.2, 0.25) is 0 Å². The summed E-state index contributed by atoms with van der Waals surface area (Å²) in [4.78, 5) is 11.6. The van der Waals surface area contributed by atoms with Crippen molar-refractivity contribution in [1.82, 2.24) is 5.32 Å². The topological polar surface area (TPSA) is 29.1 Å². The van der Waals surface area contributed by atoms with Crippen molar-refractivity contribution in [1.29, 1.82) is 0 Å². The molecule has 0 aromatic rings. The third kappa shape index (κ3) is 17.0. The van der Waals surface area contributed by atoms with Crippen LogP contribution < -0.4 is 5.32 Å². The van der Waals surface area contributed by atoms with E-state index >= 15 is 0 Å². The molecule has 0 aliphatic heterocycles. The normalized spacial score (nSPS) is 10.3. The zero-order valence-electron chi connectivity index (χ0n) is 14.1. The summed E-state index contributed by atoms with van der Waals surface area (Å²) in [6.07, 6.45) is 21.5. The van der Waals surface area contributed by atoms with Gasteiger partial charge >= 0.3 is 0 Å². The van der Waals surface area contributed by atoms with Crippen molar-refractivity contribution in [3.8, 4) is 12.3 Å². The van der Waals surface area contributed by atoms with Crippen molar-refractivity contribution in [2.24, 2.45) is 0 Å². The molecule has 0 aromatic heterocycles. The van der Waals surface area contributed by atoms with E-state index in [4.69, 9.17) is 6.42 Å². The van der Waals surface area contributed by atoms with Crippen molar-refractivity contribution in [2.75, 3.05) is 6.54 Å². The number of carbonyl (C=O) groups is 1. The maximum Gasteiger partial charge on any atom is 0.219 e. The van der Waals surface area contributed by atoms with E-state index in [1.807, 2.05) is 0 Å². The first kappa shape index (κ1) is 20.0. The van der Waals surface area contributed by atoms with Gasteiger partial charge in [0.25, 0.3) is 0 Å². The highest BCUT2D eigenvalue weighted by Crippen LogP contribution is 2.08. The van der Waals surface area contributed by atoms with Crippen LogP contribution in [-0.2, 0) is 4.79 Å². The number of rotatable bonds is 15. The second-order valence-corrected chi connectivity index (χ2v) is 5.94. The Morgan fingerprint density at radius 1 is 0.857 bits per heavy atom. The van der Waals surface area contributed by atoms with E-state index in [2.05, 4.69) is 18.2 Å². The number of amides is 1. The van der Waals surface area contributed by atoms with Crippen LogP contribution in [0.15, 0.2) is 0 Å². The Balaban J connectivity index is 3.15. The molecular weight excluding hydrogens is 258 g/mol. The third-order valence-electron chi connectivity index (χ3n) is 3.83. The number of terminal acetylenes is 1. The maximum absolute atomic E-state index is 11.6. The maximum atomic E-state index is 11.6.